The first-order chi connectivity index (χ1) is 12.5. The molecule has 0 bridgehead atoms. The van der Waals surface area contributed by atoms with Gasteiger partial charge in [0.1, 0.15) is 17.6 Å². The van der Waals surface area contributed by atoms with Gasteiger partial charge in [-0.05, 0) is 36.8 Å². The fraction of sp³-hybridized carbons (Fsp3) is 0.211. The lowest BCUT2D eigenvalue weighted by molar-refractivity contribution is -0.130. The molecular weight excluding hydrogens is 337 g/mol. The molecule has 2 aromatic carbocycles. The summed E-state index contributed by atoms with van der Waals surface area (Å²) in [7, 11) is 0. The molecule has 7 heteroatoms. The molecule has 26 heavy (non-hydrogen) atoms. The Balaban J connectivity index is 2.26. The van der Waals surface area contributed by atoms with E-state index in [0.717, 1.165) is 11.0 Å². The van der Waals surface area contributed by atoms with Crippen molar-refractivity contribution in [3.8, 4) is 11.9 Å². The Hall–Kier alpha value is -3.40. The van der Waals surface area contributed by atoms with Gasteiger partial charge in [0, 0.05) is 13.0 Å². The van der Waals surface area contributed by atoms with E-state index in [1.54, 1.807) is 25.2 Å². The van der Waals surface area contributed by atoms with Crippen LogP contribution in [0.5, 0.6) is 5.75 Å². The second-order valence-corrected chi connectivity index (χ2v) is 5.56. The van der Waals surface area contributed by atoms with E-state index in [-0.39, 0.29) is 24.3 Å². The Bertz CT molecular complexity index is 831. The Morgan fingerprint density at radius 3 is 2.46 bits per heavy atom. The number of nitriles is 1. The molecule has 2 rings (SSSR count). The van der Waals surface area contributed by atoms with Crippen LogP contribution in [-0.2, 0) is 11.2 Å². The molecule has 2 aromatic rings. The number of amides is 2. The highest BCUT2D eigenvalue weighted by molar-refractivity contribution is 5.98. The Labute approximate surface area is 150 Å². The first-order valence-corrected chi connectivity index (χ1v) is 8.00. The molecule has 0 aliphatic rings. The first kappa shape index (κ1) is 18.9. The average molecular weight is 355 g/mol. The average Bonchev–Trinajstić information content (AvgIpc) is 2.64. The van der Waals surface area contributed by atoms with Crippen molar-refractivity contribution < 1.29 is 19.1 Å². The summed E-state index contributed by atoms with van der Waals surface area (Å²) < 4.78 is 13.8. The number of carbonyl (C=O) groups excluding carboxylic acids is 2. The van der Waals surface area contributed by atoms with E-state index < -0.39 is 23.7 Å². The van der Waals surface area contributed by atoms with Crippen molar-refractivity contribution in [2.45, 2.75) is 19.4 Å². The summed E-state index contributed by atoms with van der Waals surface area (Å²) >= 11 is 0. The quantitative estimate of drug-likeness (QED) is 0.614. The molecule has 2 N–H and O–H groups in total. The van der Waals surface area contributed by atoms with Crippen molar-refractivity contribution in [3.05, 3.63) is 65.5 Å². The van der Waals surface area contributed by atoms with Crippen LogP contribution in [0.2, 0.25) is 0 Å². The number of phenols is 1. The van der Waals surface area contributed by atoms with Crippen molar-refractivity contribution in [3.63, 3.8) is 0 Å². The van der Waals surface area contributed by atoms with E-state index in [9.17, 15) is 19.1 Å². The summed E-state index contributed by atoms with van der Waals surface area (Å²) in [6.07, 6.45) is 1.86. The Morgan fingerprint density at radius 1 is 1.23 bits per heavy atom. The highest BCUT2D eigenvalue weighted by Gasteiger charge is 2.27. The van der Waals surface area contributed by atoms with Gasteiger partial charge in [-0.3, -0.25) is 9.59 Å². The third kappa shape index (κ3) is 4.57. The molecule has 2 amide bonds. The zero-order chi connectivity index (χ0) is 19.1. The third-order valence-corrected chi connectivity index (χ3v) is 3.80. The highest BCUT2D eigenvalue weighted by atomic mass is 19.1. The predicted octanol–water partition coefficient (Wildman–Crippen LogP) is 2.20. The molecule has 0 saturated heterocycles. The number of phenolic OH excluding ortho intramolecular Hbond substituents is 1. The molecule has 0 radical (unpaired) electrons. The molecule has 0 saturated carbocycles. The van der Waals surface area contributed by atoms with Gasteiger partial charge in [-0.25, -0.2) is 9.29 Å². The topological polar surface area (TPSA) is 93.4 Å². The first-order valence-electron chi connectivity index (χ1n) is 8.00. The van der Waals surface area contributed by atoms with Crippen LogP contribution in [0.25, 0.3) is 0 Å². The number of likely N-dealkylation sites (N-methyl/N-ethyl adjacent to an activating group) is 1. The molecule has 0 aliphatic carbocycles. The number of nitrogens with zero attached hydrogens (tertiary/aromatic N) is 2. The minimum Gasteiger partial charge on any atom is -0.508 e. The van der Waals surface area contributed by atoms with Gasteiger partial charge >= 0.3 is 0 Å². The van der Waals surface area contributed by atoms with Gasteiger partial charge in [0.15, 0.2) is 6.19 Å². The van der Waals surface area contributed by atoms with Crippen LogP contribution in [0.15, 0.2) is 48.5 Å². The molecule has 0 aromatic heterocycles. The smallest absolute Gasteiger partial charge is 0.258 e. The van der Waals surface area contributed by atoms with E-state index in [0.29, 0.717) is 5.56 Å². The van der Waals surface area contributed by atoms with Gasteiger partial charge in [0.25, 0.3) is 11.8 Å². The Kier molecular flexibility index (Phi) is 6.28. The lowest BCUT2D eigenvalue weighted by Gasteiger charge is -2.22. The van der Waals surface area contributed by atoms with Gasteiger partial charge in [0.2, 0.25) is 0 Å². The molecule has 0 heterocycles. The normalized spacial score (nSPS) is 11.3. The van der Waals surface area contributed by atoms with E-state index >= 15 is 0 Å². The lowest BCUT2D eigenvalue weighted by atomic mass is 10.0. The standard InChI is InChI=1S/C19H18FN3O3/c1-2-23(12-21)19(26)17(11-13-7-9-14(24)10-8-13)22-18(25)15-5-3-4-6-16(15)20/h3-10,17,24H,2,11H2,1H3,(H,22,25). The van der Waals surface area contributed by atoms with Crippen molar-refractivity contribution in [2.75, 3.05) is 6.54 Å². The number of aromatic hydroxyl groups is 1. The van der Waals surface area contributed by atoms with Crippen LogP contribution in [0.1, 0.15) is 22.8 Å². The summed E-state index contributed by atoms with van der Waals surface area (Å²) in [6.45, 7) is 1.79. The summed E-state index contributed by atoms with van der Waals surface area (Å²) in [6, 6.07) is 10.5. The highest BCUT2D eigenvalue weighted by Crippen LogP contribution is 2.13. The number of carbonyl (C=O) groups is 2. The van der Waals surface area contributed by atoms with Gasteiger partial charge in [0.05, 0.1) is 5.56 Å². The van der Waals surface area contributed by atoms with E-state index in [1.807, 2.05) is 0 Å². The van der Waals surface area contributed by atoms with Crippen LogP contribution in [-0.4, -0.2) is 34.4 Å². The summed E-state index contributed by atoms with van der Waals surface area (Å²) in [5, 5.41) is 21.0. The third-order valence-electron chi connectivity index (χ3n) is 3.80. The molecule has 0 aliphatic heterocycles. The molecule has 0 fully saturated rings. The van der Waals surface area contributed by atoms with Crippen LogP contribution in [0.3, 0.4) is 0 Å². The number of nitrogens with one attached hydrogen (secondary N) is 1. The fourth-order valence-corrected chi connectivity index (χ4v) is 2.41. The van der Waals surface area contributed by atoms with E-state index in [1.165, 1.54) is 30.3 Å². The van der Waals surface area contributed by atoms with Gasteiger partial charge in [-0.2, -0.15) is 5.26 Å². The van der Waals surface area contributed by atoms with E-state index in [4.69, 9.17) is 5.26 Å². The van der Waals surface area contributed by atoms with Crippen LogP contribution in [0.4, 0.5) is 4.39 Å². The summed E-state index contributed by atoms with van der Waals surface area (Å²) in [5.41, 5.74) is 0.486. The van der Waals surface area contributed by atoms with E-state index in [2.05, 4.69) is 5.32 Å². The lowest BCUT2D eigenvalue weighted by Crippen LogP contribution is -2.48. The minimum absolute atomic E-state index is 0.0687. The van der Waals surface area contributed by atoms with Crippen molar-refractivity contribution in [1.29, 1.82) is 5.26 Å². The zero-order valence-electron chi connectivity index (χ0n) is 14.1. The molecule has 134 valence electrons. The van der Waals surface area contributed by atoms with Gasteiger partial charge in [-0.15, -0.1) is 0 Å². The number of hydrogen-bond donors (Lipinski definition) is 2. The Morgan fingerprint density at radius 2 is 1.88 bits per heavy atom. The number of benzene rings is 2. The molecule has 1 atom stereocenters. The number of halogens is 1. The molecule has 1 unspecified atom stereocenters. The van der Waals surface area contributed by atoms with Gasteiger partial charge in [-0.1, -0.05) is 24.3 Å². The van der Waals surface area contributed by atoms with Crippen molar-refractivity contribution in [2.24, 2.45) is 0 Å². The van der Waals surface area contributed by atoms with Crippen LogP contribution < -0.4 is 5.32 Å². The second kappa shape index (κ2) is 8.62. The van der Waals surface area contributed by atoms with Gasteiger partial charge < -0.3 is 10.4 Å². The molecular formula is C19H18FN3O3. The minimum atomic E-state index is -1.05. The maximum atomic E-state index is 13.8. The maximum absolute atomic E-state index is 13.8. The fourth-order valence-electron chi connectivity index (χ4n) is 2.41. The van der Waals surface area contributed by atoms with Crippen molar-refractivity contribution in [1.82, 2.24) is 10.2 Å². The number of hydrogen-bond acceptors (Lipinski definition) is 4. The van der Waals surface area contributed by atoms with Crippen LogP contribution >= 0.6 is 0 Å². The summed E-state index contributed by atoms with van der Waals surface area (Å²) in [5.74, 6) is -1.96. The SMILES string of the molecule is CCN(C#N)C(=O)C(Cc1ccc(O)cc1)NC(=O)c1ccccc1F. The predicted molar refractivity (Wildman–Crippen MR) is 92.5 cm³/mol. The molecule has 0 spiro atoms. The monoisotopic (exact) mass is 355 g/mol. The van der Waals surface area contributed by atoms with Crippen LogP contribution in [0, 0.1) is 17.3 Å². The zero-order valence-corrected chi connectivity index (χ0v) is 14.1. The maximum Gasteiger partial charge on any atom is 0.258 e. The second-order valence-electron chi connectivity index (χ2n) is 5.56. The summed E-state index contributed by atoms with van der Waals surface area (Å²) in [4.78, 5) is 25.9. The number of rotatable bonds is 6. The molecule has 6 nitrogen and oxygen atoms in total. The largest absolute Gasteiger partial charge is 0.508 e. The van der Waals surface area contributed by atoms with Crippen molar-refractivity contribution >= 4 is 11.8 Å².